The van der Waals surface area contributed by atoms with Crippen molar-refractivity contribution < 1.29 is 12.8 Å². The first-order chi connectivity index (χ1) is 9.70. The molecule has 0 amide bonds. The first kappa shape index (κ1) is 15.9. The molecular weight excluding hydrogens is 338 g/mol. The minimum atomic E-state index is -4.04. The Morgan fingerprint density at radius 2 is 1.81 bits per heavy atom. The van der Waals surface area contributed by atoms with Crippen molar-refractivity contribution in [1.82, 2.24) is 0 Å². The number of anilines is 2. The van der Waals surface area contributed by atoms with Crippen molar-refractivity contribution >= 4 is 44.6 Å². The molecular formula is C13H11Cl2FN2O2S. The van der Waals surface area contributed by atoms with E-state index in [1.54, 1.807) is 6.92 Å². The van der Waals surface area contributed by atoms with Gasteiger partial charge in [-0.2, -0.15) is 0 Å². The third-order valence-corrected chi connectivity index (χ3v) is 4.94. The first-order valence-electron chi connectivity index (χ1n) is 5.74. The van der Waals surface area contributed by atoms with Crippen LogP contribution in [0.25, 0.3) is 0 Å². The van der Waals surface area contributed by atoms with Crippen molar-refractivity contribution in [3.8, 4) is 0 Å². The highest BCUT2D eigenvalue weighted by Gasteiger charge is 2.20. The molecule has 3 N–H and O–H groups in total. The van der Waals surface area contributed by atoms with E-state index in [1.807, 2.05) is 0 Å². The van der Waals surface area contributed by atoms with Gasteiger partial charge in [0.2, 0.25) is 0 Å². The van der Waals surface area contributed by atoms with E-state index in [-0.39, 0.29) is 26.3 Å². The molecule has 0 radical (unpaired) electrons. The number of nitrogens with one attached hydrogen (secondary N) is 1. The van der Waals surface area contributed by atoms with E-state index < -0.39 is 15.8 Å². The molecule has 4 nitrogen and oxygen atoms in total. The summed E-state index contributed by atoms with van der Waals surface area (Å²) in [5.41, 5.74) is 6.56. The van der Waals surface area contributed by atoms with Gasteiger partial charge >= 0.3 is 0 Å². The third kappa shape index (κ3) is 3.40. The summed E-state index contributed by atoms with van der Waals surface area (Å²) < 4.78 is 40.0. The van der Waals surface area contributed by atoms with Crippen molar-refractivity contribution in [2.24, 2.45) is 0 Å². The van der Waals surface area contributed by atoms with E-state index in [9.17, 15) is 12.8 Å². The van der Waals surface area contributed by atoms with Gasteiger partial charge in [0.25, 0.3) is 10.0 Å². The molecule has 0 atom stereocenters. The van der Waals surface area contributed by atoms with Crippen LogP contribution in [0.4, 0.5) is 15.8 Å². The third-order valence-electron chi connectivity index (χ3n) is 2.78. The van der Waals surface area contributed by atoms with Gasteiger partial charge in [0, 0.05) is 5.69 Å². The molecule has 0 saturated carbocycles. The second-order valence-corrected chi connectivity index (χ2v) is 6.83. The number of nitrogen functional groups attached to an aromatic ring is 1. The zero-order valence-corrected chi connectivity index (χ0v) is 13.2. The Hall–Kier alpha value is -1.50. The second-order valence-electron chi connectivity index (χ2n) is 4.37. The standard InChI is InChI=1S/C13H11Cl2FN2O2S/c1-7-4-10(15)13(6-11(7)17)21(19,20)18-12-5-8(16)2-3-9(12)14/h2-6,18H,17H2,1H3. The van der Waals surface area contributed by atoms with Crippen molar-refractivity contribution in [2.45, 2.75) is 11.8 Å². The largest absolute Gasteiger partial charge is 0.398 e. The number of hydrogen-bond donors (Lipinski definition) is 2. The number of halogens is 3. The lowest BCUT2D eigenvalue weighted by Crippen LogP contribution is -2.14. The number of hydrogen-bond acceptors (Lipinski definition) is 3. The zero-order valence-electron chi connectivity index (χ0n) is 10.8. The molecule has 0 aliphatic rings. The molecule has 0 aliphatic heterocycles. The lowest BCUT2D eigenvalue weighted by Gasteiger charge is -2.12. The smallest absolute Gasteiger partial charge is 0.263 e. The normalized spacial score (nSPS) is 11.4. The Labute approximate surface area is 131 Å². The van der Waals surface area contributed by atoms with Crippen LogP contribution in [0.2, 0.25) is 10.0 Å². The Bertz CT molecular complexity index is 810. The summed E-state index contributed by atoms with van der Waals surface area (Å²) in [5, 5.41) is 0.0814. The van der Waals surface area contributed by atoms with Crippen molar-refractivity contribution in [1.29, 1.82) is 0 Å². The Morgan fingerprint density at radius 1 is 1.14 bits per heavy atom. The molecule has 0 unspecified atom stereocenters. The quantitative estimate of drug-likeness (QED) is 0.828. The average Bonchev–Trinajstić information content (AvgIpc) is 2.37. The molecule has 21 heavy (non-hydrogen) atoms. The molecule has 2 rings (SSSR count). The summed E-state index contributed by atoms with van der Waals surface area (Å²) in [6, 6.07) is 6.04. The van der Waals surface area contributed by atoms with E-state index >= 15 is 0 Å². The highest BCUT2D eigenvalue weighted by atomic mass is 35.5. The van der Waals surface area contributed by atoms with Crippen LogP contribution in [0.1, 0.15) is 5.56 Å². The maximum Gasteiger partial charge on any atom is 0.263 e. The maximum atomic E-state index is 13.2. The number of aryl methyl sites for hydroxylation is 1. The highest BCUT2D eigenvalue weighted by molar-refractivity contribution is 7.92. The molecule has 0 aromatic heterocycles. The van der Waals surface area contributed by atoms with Gasteiger partial charge in [-0.05, 0) is 42.8 Å². The van der Waals surface area contributed by atoms with E-state index in [0.717, 1.165) is 12.1 Å². The average molecular weight is 349 g/mol. The van der Waals surface area contributed by atoms with Crippen LogP contribution in [-0.2, 0) is 10.0 Å². The molecule has 0 fully saturated rings. The number of nitrogens with two attached hydrogens (primary N) is 1. The fraction of sp³-hybridized carbons (Fsp3) is 0.0769. The summed E-state index contributed by atoms with van der Waals surface area (Å²) in [6.07, 6.45) is 0. The highest BCUT2D eigenvalue weighted by Crippen LogP contribution is 2.30. The van der Waals surface area contributed by atoms with Crippen LogP contribution in [0.5, 0.6) is 0 Å². The molecule has 0 spiro atoms. The van der Waals surface area contributed by atoms with Gasteiger partial charge in [-0.1, -0.05) is 23.2 Å². The van der Waals surface area contributed by atoms with Gasteiger partial charge < -0.3 is 5.73 Å². The molecule has 0 bridgehead atoms. The van der Waals surface area contributed by atoms with Gasteiger partial charge in [0.1, 0.15) is 10.7 Å². The molecule has 0 heterocycles. The Morgan fingerprint density at radius 3 is 2.48 bits per heavy atom. The molecule has 112 valence electrons. The molecule has 8 heteroatoms. The fourth-order valence-corrected chi connectivity index (χ4v) is 3.56. The van der Waals surface area contributed by atoms with Crippen LogP contribution in [0.15, 0.2) is 35.2 Å². The SMILES string of the molecule is Cc1cc(Cl)c(S(=O)(=O)Nc2cc(F)ccc2Cl)cc1N. The summed E-state index contributed by atoms with van der Waals surface area (Å²) in [5.74, 6) is -0.619. The predicted octanol–water partition coefficient (Wildman–Crippen LogP) is 3.82. The lowest BCUT2D eigenvalue weighted by molar-refractivity contribution is 0.601. The zero-order chi connectivity index (χ0) is 15.8. The fourth-order valence-electron chi connectivity index (χ4n) is 1.65. The van der Waals surface area contributed by atoms with Crippen LogP contribution in [0, 0.1) is 12.7 Å². The van der Waals surface area contributed by atoms with Crippen LogP contribution >= 0.6 is 23.2 Å². The Balaban J connectivity index is 2.48. The van der Waals surface area contributed by atoms with Crippen LogP contribution < -0.4 is 10.5 Å². The lowest BCUT2D eigenvalue weighted by atomic mass is 10.2. The monoisotopic (exact) mass is 348 g/mol. The van der Waals surface area contributed by atoms with E-state index in [2.05, 4.69) is 4.72 Å². The number of rotatable bonds is 3. The Kier molecular flexibility index (Phi) is 4.32. The summed E-state index contributed by atoms with van der Waals surface area (Å²) >= 11 is 11.8. The van der Waals surface area contributed by atoms with Crippen LogP contribution in [-0.4, -0.2) is 8.42 Å². The first-order valence-corrected chi connectivity index (χ1v) is 7.98. The van der Waals surface area contributed by atoms with Gasteiger partial charge in [0.05, 0.1) is 15.7 Å². The van der Waals surface area contributed by atoms with E-state index in [4.69, 9.17) is 28.9 Å². The van der Waals surface area contributed by atoms with Crippen molar-refractivity contribution in [2.75, 3.05) is 10.5 Å². The molecule has 0 aliphatic carbocycles. The summed E-state index contributed by atoms with van der Waals surface area (Å²) in [4.78, 5) is -0.201. The molecule has 2 aromatic carbocycles. The second kappa shape index (κ2) is 5.71. The molecule has 0 saturated heterocycles. The van der Waals surface area contributed by atoms with Gasteiger partial charge in [-0.15, -0.1) is 0 Å². The minimum Gasteiger partial charge on any atom is -0.398 e. The van der Waals surface area contributed by atoms with Gasteiger partial charge in [-0.25, -0.2) is 12.8 Å². The van der Waals surface area contributed by atoms with E-state index in [1.165, 1.54) is 18.2 Å². The minimum absolute atomic E-state index is 0.0155. The predicted molar refractivity (Wildman–Crippen MR) is 82.8 cm³/mol. The van der Waals surface area contributed by atoms with Gasteiger partial charge in [-0.3, -0.25) is 4.72 Å². The van der Waals surface area contributed by atoms with Gasteiger partial charge in [0.15, 0.2) is 0 Å². The van der Waals surface area contributed by atoms with Crippen molar-refractivity contribution in [3.63, 3.8) is 0 Å². The van der Waals surface area contributed by atoms with Crippen molar-refractivity contribution in [3.05, 3.63) is 51.8 Å². The topological polar surface area (TPSA) is 72.2 Å². The number of sulfonamides is 1. The summed E-state index contributed by atoms with van der Waals surface area (Å²) in [6.45, 7) is 1.70. The maximum absolute atomic E-state index is 13.2. The number of benzene rings is 2. The molecule has 2 aromatic rings. The van der Waals surface area contributed by atoms with Crippen LogP contribution in [0.3, 0.4) is 0 Å². The van der Waals surface area contributed by atoms with E-state index in [0.29, 0.717) is 5.56 Å². The summed E-state index contributed by atoms with van der Waals surface area (Å²) in [7, 11) is -4.04.